The number of amides is 3. The second-order valence-corrected chi connectivity index (χ2v) is 3.17. The smallest absolute Gasteiger partial charge is 0.321 e. The van der Waals surface area contributed by atoms with Crippen LogP contribution in [0.3, 0.4) is 0 Å². The molecule has 0 aromatic heterocycles. The van der Waals surface area contributed by atoms with Crippen molar-refractivity contribution < 1.29 is 9.59 Å². The Labute approximate surface area is 65.5 Å². The average Bonchev–Trinajstić information content (AvgIpc) is 1.80. The molecule has 1 aliphatic rings. The van der Waals surface area contributed by atoms with Crippen LogP contribution in [-0.4, -0.2) is 22.4 Å². The molecule has 0 unspecified atom stereocenters. The lowest BCUT2D eigenvalue weighted by atomic mass is 10.3. The Bertz CT molecular complexity index is 159. The van der Waals surface area contributed by atoms with Crippen LogP contribution in [0.1, 0.15) is 0 Å². The molecule has 1 aliphatic heterocycles. The highest BCUT2D eigenvalue weighted by atomic mass is 127. The van der Waals surface area contributed by atoms with Gasteiger partial charge in [-0.25, -0.2) is 4.79 Å². The SMILES string of the molecule is O=C1NC[C@H](I)C(=O)N1. The number of hydrogen-bond acceptors (Lipinski definition) is 2. The van der Waals surface area contributed by atoms with Gasteiger partial charge in [0.05, 0.1) is 0 Å². The zero-order chi connectivity index (χ0) is 6.85. The van der Waals surface area contributed by atoms with E-state index in [1.54, 1.807) is 0 Å². The number of nitrogens with one attached hydrogen (secondary N) is 2. The van der Waals surface area contributed by atoms with E-state index in [4.69, 9.17) is 0 Å². The minimum absolute atomic E-state index is 0.125. The van der Waals surface area contributed by atoms with Gasteiger partial charge in [-0.3, -0.25) is 10.1 Å². The van der Waals surface area contributed by atoms with E-state index in [2.05, 4.69) is 10.6 Å². The molecule has 5 heteroatoms. The molecule has 1 saturated heterocycles. The van der Waals surface area contributed by atoms with E-state index in [1.165, 1.54) is 0 Å². The summed E-state index contributed by atoms with van der Waals surface area (Å²) in [6.45, 7) is 0.436. The lowest BCUT2D eigenvalue weighted by molar-refractivity contribution is -0.119. The first kappa shape index (κ1) is 6.79. The normalized spacial score (nSPS) is 27.0. The minimum Gasteiger partial charge on any atom is -0.336 e. The van der Waals surface area contributed by atoms with Crippen molar-refractivity contribution in [3.8, 4) is 0 Å². The number of hydrogen-bond donors (Lipinski definition) is 2. The predicted molar refractivity (Wildman–Crippen MR) is 39.3 cm³/mol. The Morgan fingerprint density at radius 2 is 2.22 bits per heavy atom. The van der Waals surface area contributed by atoms with Crippen LogP contribution in [0, 0.1) is 0 Å². The van der Waals surface area contributed by atoms with Crippen molar-refractivity contribution in [1.82, 2.24) is 10.6 Å². The molecule has 0 saturated carbocycles. The molecule has 1 heterocycles. The van der Waals surface area contributed by atoms with Gasteiger partial charge in [-0.2, -0.15) is 0 Å². The topological polar surface area (TPSA) is 58.2 Å². The van der Waals surface area contributed by atoms with Crippen LogP contribution in [-0.2, 0) is 4.79 Å². The average molecular weight is 240 g/mol. The van der Waals surface area contributed by atoms with E-state index >= 15 is 0 Å². The molecule has 4 nitrogen and oxygen atoms in total. The van der Waals surface area contributed by atoms with Gasteiger partial charge in [-0.15, -0.1) is 0 Å². The molecule has 0 aliphatic carbocycles. The van der Waals surface area contributed by atoms with Gasteiger partial charge >= 0.3 is 6.03 Å². The molecule has 2 N–H and O–H groups in total. The van der Waals surface area contributed by atoms with Gasteiger partial charge in [0, 0.05) is 6.54 Å². The van der Waals surface area contributed by atoms with Gasteiger partial charge in [-0.05, 0) is 0 Å². The summed E-state index contributed by atoms with van der Waals surface area (Å²) in [4.78, 5) is 21.0. The van der Waals surface area contributed by atoms with Crippen LogP contribution in [0.4, 0.5) is 4.79 Å². The number of imide groups is 1. The number of alkyl halides is 1. The fourth-order valence-electron chi connectivity index (χ4n) is 0.509. The summed E-state index contributed by atoms with van der Waals surface area (Å²) < 4.78 is -0.125. The third-order valence-corrected chi connectivity index (χ3v) is 1.97. The van der Waals surface area contributed by atoms with Crippen molar-refractivity contribution in [1.29, 1.82) is 0 Å². The molecular weight excluding hydrogens is 235 g/mol. The molecule has 9 heavy (non-hydrogen) atoms. The second kappa shape index (κ2) is 2.51. The number of urea groups is 1. The van der Waals surface area contributed by atoms with Crippen molar-refractivity contribution in [3.05, 3.63) is 0 Å². The molecule has 50 valence electrons. The molecule has 1 atom stereocenters. The quantitative estimate of drug-likeness (QED) is 0.448. The van der Waals surface area contributed by atoms with Crippen molar-refractivity contribution in [2.75, 3.05) is 6.54 Å². The largest absolute Gasteiger partial charge is 0.336 e. The molecule has 0 aromatic carbocycles. The van der Waals surface area contributed by atoms with Crippen LogP contribution in [0.5, 0.6) is 0 Å². The van der Waals surface area contributed by atoms with E-state index in [-0.39, 0.29) is 9.83 Å². The first-order valence-corrected chi connectivity index (χ1v) is 3.67. The number of carbonyl (C=O) groups is 2. The van der Waals surface area contributed by atoms with Gasteiger partial charge in [-0.1, -0.05) is 22.6 Å². The van der Waals surface area contributed by atoms with Crippen LogP contribution >= 0.6 is 22.6 Å². The lowest BCUT2D eigenvalue weighted by Crippen LogP contribution is -2.52. The first-order valence-electron chi connectivity index (χ1n) is 2.43. The maximum absolute atomic E-state index is 10.6. The number of halogens is 1. The zero-order valence-electron chi connectivity index (χ0n) is 4.48. The minimum atomic E-state index is -0.395. The highest BCUT2D eigenvalue weighted by Gasteiger charge is 2.22. The molecule has 3 amide bonds. The summed E-state index contributed by atoms with van der Waals surface area (Å²) in [7, 11) is 0. The Kier molecular flexibility index (Phi) is 1.89. The fourth-order valence-corrected chi connectivity index (χ4v) is 0.885. The van der Waals surface area contributed by atoms with Crippen molar-refractivity contribution >= 4 is 34.5 Å². The van der Waals surface area contributed by atoms with E-state index < -0.39 is 6.03 Å². The van der Waals surface area contributed by atoms with Crippen LogP contribution in [0.15, 0.2) is 0 Å². The van der Waals surface area contributed by atoms with Gasteiger partial charge in [0.1, 0.15) is 3.92 Å². The lowest BCUT2D eigenvalue weighted by Gasteiger charge is -2.16. The summed E-state index contributed by atoms with van der Waals surface area (Å²) in [5.74, 6) is -0.209. The van der Waals surface area contributed by atoms with Crippen LogP contribution in [0.25, 0.3) is 0 Å². The summed E-state index contributed by atoms with van der Waals surface area (Å²) >= 11 is 1.97. The third-order valence-electron chi connectivity index (χ3n) is 0.963. The van der Waals surface area contributed by atoms with E-state index in [0.29, 0.717) is 6.54 Å². The van der Waals surface area contributed by atoms with E-state index in [9.17, 15) is 9.59 Å². The molecule has 0 bridgehead atoms. The Morgan fingerprint density at radius 3 is 2.67 bits per heavy atom. The monoisotopic (exact) mass is 240 g/mol. The second-order valence-electron chi connectivity index (χ2n) is 1.67. The molecule has 0 spiro atoms. The van der Waals surface area contributed by atoms with Crippen molar-refractivity contribution in [2.24, 2.45) is 0 Å². The first-order chi connectivity index (χ1) is 4.20. The van der Waals surface area contributed by atoms with E-state index in [0.717, 1.165) is 0 Å². The summed E-state index contributed by atoms with van der Waals surface area (Å²) in [5.41, 5.74) is 0. The highest BCUT2D eigenvalue weighted by Crippen LogP contribution is 2.00. The van der Waals surface area contributed by atoms with E-state index in [1.807, 2.05) is 22.6 Å². The maximum atomic E-state index is 10.6. The predicted octanol–water partition coefficient (Wildman–Crippen LogP) is -0.371. The van der Waals surface area contributed by atoms with Gasteiger partial charge < -0.3 is 5.32 Å². The molecule has 1 fully saturated rings. The summed E-state index contributed by atoms with van der Waals surface area (Å²) in [6.07, 6.45) is 0. The third kappa shape index (κ3) is 1.54. The Morgan fingerprint density at radius 1 is 1.56 bits per heavy atom. The standard InChI is InChI=1S/C4H5IN2O2/c5-2-1-6-4(9)7-3(2)8/h2H,1H2,(H2,6,7,8,9)/t2-/m0/s1. The number of rotatable bonds is 0. The summed E-state index contributed by atoms with van der Waals surface area (Å²) in [6, 6.07) is -0.395. The molecular formula is C4H5IN2O2. The van der Waals surface area contributed by atoms with Crippen LogP contribution in [0.2, 0.25) is 0 Å². The van der Waals surface area contributed by atoms with Crippen LogP contribution < -0.4 is 10.6 Å². The highest BCUT2D eigenvalue weighted by molar-refractivity contribution is 14.1. The fraction of sp³-hybridized carbons (Fsp3) is 0.500. The Hall–Kier alpha value is -0.330. The number of carbonyl (C=O) groups excluding carboxylic acids is 2. The molecule has 0 radical (unpaired) electrons. The molecule has 0 aromatic rings. The van der Waals surface area contributed by atoms with Gasteiger partial charge in [0.2, 0.25) is 5.91 Å². The zero-order valence-corrected chi connectivity index (χ0v) is 6.64. The van der Waals surface area contributed by atoms with Crippen molar-refractivity contribution in [3.63, 3.8) is 0 Å². The molecule has 1 rings (SSSR count). The van der Waals surface area contributed by atoms with Gasteiger partial charge in [0.25, 0.3) is 0 Å². The van der Waals surface area contributed by atoms with Gasteiger partial charge in [0.15, 0.2) is 0 Å². The Balaban J connectivity index is 2.54. The maximum Gasteiger partial charge on any atom is 0.321 e. The van der Waals surface area contributed by atoms with Crippen molar-refractivity contribution in [2.45, 2.75) is 3.92 Å². The summed E-state index contributed by atoms with van der Waals surface area (Å²) in [5, 5.41) is 4.62.